The van der Waals surface area contributed by atoms with Gasteiger partial charge in [-0.25, -0.2) is 5.01 Å². The smallest absolute Gasteiger partial charge is 0.200 e. The number of rotatable bonds is 3. The van der Waals surface area contributed by atoms with Gasteiger partial charge in [-0.2, -0.15) is 5.10 Å². The lowest BCUT2D eigenvalue weighted by molar-refractivity contribution is -0.150. The van der Waals surface area contributed by atoms with Gasteiger partial charge in [0.25, 0.3) is 0 Å². The van der Waals surface area contributed by atoms with Gasteiger partial charge in [0.05, 0.1) is 11.8 Å². The van der Waals surface area contributed by atoms with Gasteiger partial charge in [-0.3, -0.25) is 4.90 Å². The first-order valence-corrected chi connectivity index (χ1v) is 11.7. The van der Waals surface area contributed by atoms with E-state index < -0.39 is 5.72 Å². The highest BCUT2D eigenvalue weighted by Gasteiger charge is 2.51. The van der Waals surface area contributed by atoms with E-state index in [9.17, 15) is 0 Å². The van der Waals surface area contributed by atoms with E-state index in [4.69, 9.17) is 21.4 Å². The van der Waals surface area contributed by atoms with E-state index in [-0.39, 0.29) is 6.04 Å². The Morgan fingerprint density at radius 1 is 0.938 bits per heavy atom. The molecule has 4 nitrogen and oxygen atoms in total. The fourth-order valence-electron chi connectivity index (χ4n) is 5.29. The van der Waals surface area contributed by atoms with Gasteiger partial charge in [-0.05, 0) is 29.3 Å². The maximum Gasteiger partial charge on any atom is 0.200 e. The summed E-state index contributed by atoms with van der Waals surface area (Å²) >= 11 is 6.38. The zero-order chi connectivity index (χ0) is 21.5. The molecule has 0 radical (unpaired) electrons. The topological polar surface area (TPSA) is 28.1 Å². The number of likely N-dealkylation sites (tertiary alicyclic amines) is 1. The van der Waals surface area contributed by atoms with Crippen LogP contribution in [0.1, 0.15) is 42.0 Å². The molecule has 1 spiro atoms. The number of ether oxygens (including phenoxy) is 1. The summed E-state index contributed by atoms with van der Waals surface area (Å²) in [4.78, 5) is 2.52. The molecule has 3 aromatic carbocycles. The summed E-state index contributed by atoms with van der Waals surface area (Å²) in [7, 11) is 0. The standard InChI is InChI=1S/C27H26ClN3O/c28-22-11-12-26-23(17-22)25-18-24(21-9-5-2-6-10-21)29-31(25)27(32-26)13-15-30(16-14-27)19-20-7-3-1-4-8-20/h1-12,17,25H,13-16,18-19H2/t25-/m0/s1. The van der Waals surface area contributed by atoms with E-state index in [1.54, 1.807) is 0 Å². The van der Waals surface area contributed by atoms with Crippen LogP contribution < -0.4 is 4.74 Å². The summed E-state index contributed by atoms with van der Waals surface area (Å²) in [6.45, 7) is 2.94. The molecule has 1 saturated heterocycles. The van der Waals surface area contributed by atoms with E-state index in [0.29, 0.717) is 0 Å². The van der Waals surface area contributed by atoms with Crippen molar-refractivity contribution in [3.05, 3.63) is 101 Å². The van der Waals surface area contributed by atoms with Crippen LogP contribution in [-0.4, -0.2) is 34.4 Å². The third-order valence-corrected chi connectivity index (χ3v) is 7.19. The quantitative estimate of drug-likeness (QED) is 0.506. The van der Waals surface area contributed by atoms with Gasteiger partial charge >= 0.3 is 0 Å². The molecule has 0 aliphatic carbocycles. The monoisotopic (exact) mass is 443 g/mol. The van der Waals surface area contributed by atoms with Gasteiger partial charge in [-0.15, -0.1) is 0 Å². The van der Waals surface area contributed by atoms with Crippen molar-refractivity contribution in [2.24, 2.45) is 5.10 Å². The predicted octanol–water partition coefficient (Wildman–Crippen LogP) is 5.88. The van der Waals surface area contributed by atoms with Crippen LogP contribution in [0.4, 0.5) is 0 Å². The fraction of sp³-hybridized carbons (Fsp3) is 0.296. The molecule has 3 aromatic rings. The van der Waals surface area contributed by atoms with Gasteiger partial charge in [0.1, 0.15) is 5.75 Å². The van der Waals surface area contributed by atoms with Crippen LogP contribution in [0, 0.1) is 0 Å². The van der Waals surface area contributed by atoms with Crippen LogP contribution in [0.15, 0.2) is 84.0 Å². The van der Waals surface area contributed by atoms with E-state index in [0.717, 1.165) is 60.9 Å². The van der Waals surface area contributed by atoms with Crippen molar-refractivity contribution in [3.8, 4) is 5.75 Å². The van der Waals surface area contributed by atoms with Crippen molar-refractivity contribution >= 4 is 17.3 Å². The highest BCUT2D eigenvalue weighted by Crippen LogP contribution is 2.50. The second kappa shape index (κ2) is 7.95. The number of halogens is 1. The lowest BCUT2D eigenvalue weighted by atomic mass is 9.90. The summed E-state index contributed by atoms with van der Waals surface area (Å²) in [5, 5.41) is 8.16. The van der Waals surface area contributed by atoms with Crippen molar-refractivity contribution in [2.75, 3.05) is 13.1 Å². The Labute approximate surface area is 194 Å². The van der Waals surface area contributed by atoms with Gasteiger partial charge < -0.3 is 4.74 Å². The van der Waals surface area contributed by atoms with Gasteiger partial charge in [0.15, 0.2) is 0 Å². The SMILES string of the molecule is Clc1ccc2c(c1)[C@@H]1CC(c3ccccc3)=NN1C1(CCN(Cc3ccccc3)CC1)O2. The van der Waals surface area contributed by atoms with Crippen molar-refractivity contribution in [1.82, 2.24) is 9.91 Å². The van der Waals surface area contributed by atoms with E-state index in [1.807, 2.05) is 12.1 Å². The molecule has 3 aliphatic heterocycles. The molecule has 32 heavy (non-hydrogen) atoms. The molecular weight excluding hydrogens is 418 g/mol. The number of hydrogen-bond acceptors (Lipinski definition) is 4. The van der Waals surface area contributed by atoms with E-state index in [1.165, 1.54) is 11.1 Å². The van der Waals surface area contributed by atoms with Crippen LogP contribution in [0.2, 0.25) is 5.02 Å². The summed E-state index contributed by atoms with van der Waals surface area (Å²) in [5.41, 5.74) is 4.40. The molecule has 1 fully saturated rings. The number of hydrogen-bond donors (Lipinski definition) is 0. The minimum absolute atomic E-state index is 0.160. The van der Waals surface area contributed by atoms with Crippen molar-refractivity contribution in [3.63, 3.8) is 0 Å². The van der Waals surface area contributed by atoms with Crippen molar-refractivity contribution < 1.29 is 4.74 Å². The molecule has 0 saturated carbocycles. The molecule has 0 N–H and O–H groups in total. The summed E-state index contributed by atoms with van der Waals surface area (Å²) < 4.78 is 6.75. The normalized spacial score (nSPS) is 21.6. The van der Waals surface area contributed by atoms with E-state index in [2.05, 4.69) is 76.6 Å². The number of benzene rings is 3. The average molecular weight is 444 g/mol. The summed E-state index contributed by atoms with van der Waals surface area (Å²) in [6, 6.07) is 27.4. The molecule has 162 valence electrons. The molecule has 3 heterocycles. The van der Waals surface area contributed by atoms with Gasteiger partial charge in [0, 0.05) is 49.5 Å². The largest absolute Gasteiger partial charge is 0.466 e. The minimum Gasteiger partial charge on any atom is -0.466 e. The van der Waals surface area contributed by atoms with Crippen molar-refractivity contribution in [1.29, 1.82) is 0 Å². The summed E-state index contributed by atoms with van der Waals surface area (Å²) in [5.74, 6) is 0.955. The minimum atomic E-state index is -0.408. The third kappa shape index (κ3) is 3.48. The molecule has 1 atom stereocenters. The van der Waals surface area contributed by atoms with Gasteiger partial charge in [-0.1, -0.05) is 72.3 Å². The maximum atomic E-state index is 6.75. The third-order valence-electron chi connectivity index (χ3n) is 6.95. The Kier molecular flexibility index (Phi) is 4.93. The zero-order valence-corrected chi connectivity index (χ0v) is 18.7. The second-order valence-corrected chi connectivity index (χ2v) is 9.41. The summed E-state index contributed by atoms with van der Waals surface area (Å²) in [6.07, 6.45) is 2.71. The lowest BCUT2D eigenvalue weighted by Crippen LogP contribution is -2.59. The molecule has 3 aliphatic rings. The Morgan fingerprint density at radius 2 is 1.66 bits per heavy atom. The van der Waals surface area contributed by atoms with E-state index >= 15 is 0 Å². The first-order valence-electron chi connectivity index (χ1n) is 11.4. The Bertz CT molecular complexity index is 1140. The van der Waals surface area contributed by atoms with Gasteiger partial charge in [0.2, 0.25) is 5.72 Å². The molecule has 0 amide bonds. The maximum absolute atomic E-state index is 6.75. The zero-order valence-electron chi connectivity index (χ0n) is 18.0. The lowest BCUT2D eigenvalue weighted by Gasteiger charge is -2.51. The van der Waals surface area contributed by atoms with Crippen molar-refractivity contribution in [2.45, 2.75) is 37.6 Å². The number of fused-ring (bicyclic) bond motifs is 4. The number of hydrazone groups is 1. The molecule has 0 aromatic heterocycles. The van der Waals surface area contributed by atoms with Crippen LogP contribution in [0.3, 0.4) is 0 Å². The molecular formula is C27H26ClN3O. The Balaban J connectivity index is 1.31. The fourth-order valence-corrected chi connectivity index (χ4v) is 5.47. The number of piperidine rings is 1. The highest BCUT2D eigenvalue weighted by atomic mass is 35.5. The molecule has 6 rings (SSSR count). The molecule has 5 heteroatoms. The van der Waals surface area contributed by atoms with Crippen LogP contribution in [0.25, 0.3) is 0 Å². The first kappa shape index (κ1) is 19.8. The molecule has 0 bridgehead atoms. The van der Waals surface area contributed by atoms with Crippen LogP contribution in [0.5, 0.6) is 5.75 Å². The molecule has 0 unspecified atom stereocenters. The highest BCUT2D eigenvalue weighted by molar-refractivity contribution is 6.30. The first-order chi connectivity index (χ1) is 15.7. The predicted molar refractivity (Wildman–Crippen MR) is 128 cm³/mol. The van der Waals surface area contributed by atoms with Crippen LogP contribution in [-0.2, 0) is 6.54 Å². The van der Waals surface area contributed by atoms with Crippen LogP contribution >= 0.6 is 11.6 Å². The average Bonchev–Trinajstić information content (AvgIpc) is 3.30. The Hall–Kier alpha value is -2.82. The number of nitrogens with zero attached hydrogens (tertiary/aromatic N) is 3. The Morgan fingerprint density at radius 3 is 2.41 bits per heavy atom. The second-order valence-electron chi connectivity index (χ2n) is 8.97.